The molecule has 154 valence electrons. The third-order valence-electron chi connectivity index (χ3n) is 4.83. The highest BCUT2D eigenvalue weighted by molar-refractivity contribution is 5.80. The molecular weight excluding hydrogens is 375 g/mol. The molecule has 8 heteroatoms. The van der Waals surface area contributed by atoms with Gasteiger partial charge in [0.15, 0.2) is 5.96 Å². The van der Waals surface area contributed by atoms with Crippen LogP contribution < -0.4 is 10.1 Å². The maximum absolute atomic E-state index is 13.0. The summed E-state index contributed by atoms with van der Waals surface area (Å²) < 4.78 is 23.4. The van der Waals surface area contributed by atoms with Gasteiger partial charge in [-0.3, -0.25) is 9.79 Å². The monoisotopic (exact) mass is 400 g/mol. The number of likely N-dealkylation sites (tertiary alicyclic amines) is 1. The van der Waals surface area contributed by atoms with Gasteiger partial charge in [0.25, 0.3) is 0 Å². The zero-order valence-corrected chi connectivity index (χ0v) is 16.6. The van der Waals surface area contributed by atoms with Gasteiger partial charge < -0.3 is 19.7 Å². The van der Waals surface area contributed by atoms with E-state index in [-0.39, 0.29) is 17.7 Å². The van der Waals surface area contributed by atoms with Gasteiger partial charge in [0, 0.05) is 38.9 Å². The number of nitrogens with zero attached hydrogens (tertiary/aromatic N) is 3. The number of benzene rings is 1. The first-order valence-corrected chi connectivity index (χ1v) is 9.51. The van der Waals surface area contributed by atoms with Crippen LogP contribution in [0.3, 0.4) is 0 Å². The Morgan fingerprint density at radius 1 is 1.24 bits per heavy atom. The van der Waals surface area contributed by atoms with Crippen LogP contribution >= 0.6 is 0 Å². The molecular formula is C21H25FN4O3. The summed E-state index contributed by atoms with van der Waals surface area (Å²) in [5.74, 6) is 1.28. The lowest BCUT2D eigenvalue weighted by atomic mass is 9.97. The molecule has 0 amide bonds. The van der Waals surface area contributed by atoms with Crippen LogP contribution in [0.4, 0.5) is 4.39 Å². The molecule has 2 heterocycles. The fraction of sp³-hybridized carbons (Fsp3) is 0.381. The summed E-state index contributed by atoms with van der Waals surface area (Å²) in [6, 6.07) is 9.47. The lowest BCUT2D eigenvalue weighted by Gasteiger charge is -2.33. The molecule has 1 aromatic carbocycles. The normalized spacial score (nSPS) is 15.1. The van der Waals surface area contributed by atoms with Crippen molar-refractivity contribution in [2.75, 3.05) is 27.2 Å². The lowest BCUT2D eigenvalue weighted by molar-refractivity contribution is -0.146. The van der Waals surface area contributed by atoms with Gasteiger partial charge >= 0.3 is 5.97 Å². The molecule has 1 aromatic heterocycles. The minimum absolute atomic E-state index is 0.0350. The zero-order valence-electron chi connectivity index (χ0n) is 16.6. The maximum atomic E-state index is 13.0. The quantitative estimate of drug-likeness (QED) is 0.472. The van der Waals surface area contributed by atoms with Crippen LogP contribution in [0.5, 0.6) is 11.6 Å². The molecule has 1 fully saturated rings. The first-order valence-electron chi connectivity index (χ1n) is 9.51. The summed E-state index contributed by atoms with van der Waals surface area (Å²) in [6.45, 7) is 2.07. The first-order chi connectivity index (χ1) is 14.1. The van der Waals surface area contributed by atoms with E-state index >= 15 is 0 Å². The van der Waals surface area contributed by atoms with E-state index in [2.05, 4.69) is 20.2 Å². The van der Waals surface area contributed by atoms with Gasteiger partial charge in [0.05, 0.1) is 13.0 Å². The van der Waals surface area contributed by atoms with Crippen molar-refractivity contribution in [1.29, 1.82) is 0 Å². The Labute approximate surface area is 169 Å². The molecule has 7 nitrogen and oxygen atoms in total. The molecule has 1 aliphatic heterocycles. The zero-order chi connectivity index (χ0) is 20.6. The van der Waals surface area contributed by atoms with E-state index in [1.165, 1.54) is 19.2 Å². The number of methoxy groups -OCH3 is 1. The van der Waals surface area contributed by atoms with Crippen molar-refractivity contribution in [3.63, 3.8) is 0 Å². The van der Waals surface area contributed by atoms with Crippen molar-refractivity contribution in [3.05, 3.63) is 54.0 Å². The molecule has 0 bridgehead atoms. The van der Waals surface area contributed by atoms with E-state index in [1.54, 1.807) is 31.4 Å². The van der Waals surface area contributed by atoms with Gasteiger partial charge in [-0.2, -0.15) is 0 Å². The minimum atomic E-state index is -0.311. The standard InChI is InChI=1S/C21H25FN4O3/c1-23-21(26-11-9-16(10-12-26)20(27)28-2)25-14-15-3-8-19(24-13-15)29-18-6-4-17(22)5-7-18/h3-8,13,16H,9-12,14H2,1-2H3,(H,23,25). The van der Waals surface area contributed by atoms with E-state index < -0.39 is 0 Å². The van der Waals surface area contributed by atoms with E-state index in [9.17, 15) is 9.18 Å². The van der Waals surface area contributed by atoms with Crippen LogP contribution in [-0.4, -0.2) is 49.1 Å². The van der Waals surface area contributed by atoms with Gasteiger partial charge in [-0.25, -0.2) is 9.37 Å². The summed E-state index contributed by atoms with van der Waals surface area (Å²) >= 11 is 0. The van der Waals surface area contributed by atoms with Crippen LogP contribution in [0.1, 0.15) is 18.4 Å². The van der Waals surface area contributed by atoms with E-state index in [1.807, 2.05) is 6.07 Å². The highest BCUT2D eigenvalue weighted by Gasteiger charge is 2.26. The molecule has 2 aromatic rings. The van der Waals surface area contributed by atoms with Crippen molar-refractivity contribution in [2.45, 2.75) is 19.4 Å². The Hall–Kier alpha value is -3.16. The van der Waals surface area contributed by atoms with Crippen molar-refractivity contribution >= 4 is 11.9 Å². The van der Waals surface area contributed by atoms with Crippen molar-refractivity contribution in [1.82, 2.24) is 15.2 Å². The molecule has 29 heavy (non-hydrogen) atoms. The Balaban J connectivity index is 1.50. The molecule has 1 N–H and O–H groups in total. The topological polar surface area (TPSA) is 76.1 Å². The molecule has 0 radical (unpaired) electrons. The number of esters is 1. The second kappa shape index (κ2) is 9.86. The molecule has 1 saturated heterocycles. The molecule has 1 aliphatic rings. The van der Waals surface area contributed by atoms with E-state index in [4.69, 9.17) is 9.47 Å². The predicted octanol–water partition coefficient (Wildman–Crippen LogP) is 2.97. The van der Waals surface area contributed by atoms with Crippen molar-refractivity contribution in [3.8, 4) is 11.6 Å². The molecule has 3 rings (SSSR count). The smallest absolute Gasteiger partial charge is 0.308 e. The number of piperidine rings is 1. The molecule has 0 aliphatic carbocycles. The summed E-state index contributed by atoms with van der Waals surface area (Å²) in [4.78, 5) is 22.4. The number of aliphatic imine (C=N–C) groups is 1. The second-order valence-electron chi connectivity index (χ2n) is 6.75. The summed E-state index contributed by atoms with van der Waals surface area (Å²) in [5, 5.41) is 3.33. The minimum Gasteiger partial charge on any atom is -0.469 e. The largest absolute Gasteiger partial charge is 0.469 e. The van der Waals surface area contributed by atoms with Gasteiger partial charge in [-0.15, -0.1) is 0 Å². The Kier molecular flexibility index (Phi) is 6.99. The van der Waals surface area contributed by atoms with Crippen LogP contribution in [0.2, 0.25) is 0 Å². The number of hydrogen-bond acceptors (Lipinski definition) is 5. The van der Waals surface area contributed by atoms with E-state index in [0.29, 0.717) is 18.2 Å². The number of hydrogen-bond donors (Lipinski definition) is 1. The Morgan fingerprint density at radius 3 is 2.55 bits per heavy atom. The van der Waals surface area contributed by atoms with Crippen LogP contribution in [0, 0.1) is 11.7 Å². The number of carbonyl (C=O) groups excluding carboxylic acids is 1. The average molecular weight is 400 g/mol. The number of pyridine rings is 1. The SMILES string of the molecule is CN=C(NCc1ccc(Oc2ccc(F)cc2)nc1)N1CCC(C(=O)OC)CC1. The number of rotatable bonds is 5. The van der Waals surface area contributed by atoms with Gasteiger partial charge in [-0.1, -0.05) is 6.07 Å². The highest BCUT2D eigenvalue weighted by Crippen LogP contribution is 2.20. The van der Waals surface area contributed by atoms with Gasteiger partial charge in [0.1, 0.15) is 11.6 Å². The van der Waals surface area contributed by atoms with E-state index in [0.717, 1.165) is 37.5 Å². The van der Waals surface area contributed by atoms with Gasteiger partial charge in [-0.05, 0) is 42.7 Å². The van der Waals surface area contributed by atoms with Crippen LogP contribution in [0.25, 0.3) is 0 Å². The molecule has 0 spiro atoms. The Morgan fingerprint density at radius 2 is 1.97 bits per heavy atom. The molecule has 0 atom stereocenters. The molecule has 0 saturated carbocycles. The summed E-state index contributed by atoms with van der Waals surface area (Å²) in [6.07, 6.45) is 3.23. The first kappa shape index (κ1) is 20.6. The Bertz CT molecular complexity index is 832. The highest BCUT2D eigenvalue weighted by atomic mass is 19.1. The predicted molar refractivity (Wildman–Crippen MR) is 107 cm³/mol. The van der Waals surface area contributed by atoms with Crippen molar-refractivity contribution in [2.24, 2.45) is 10.9 Å². The van der Waals surface area contributed by atoms with Gasteiger partial charge in [0.2, 0.25) is 5.88 Å². The number of ether oxygens (including phenoxy) is 2. The molecule has 0 unspecified atom stereocenters. The summed E-state index contributed by atoms with van der Waals surface area (Å²) in [5.41, 5.74) is 0.974. The number of halogens is 1. The maximum Gasteiger partial charge on any atom is 0.308 e. The number of carbonyl (C=O) groups is 1. The third-order valence-corrected chi connectivity index (χ3v) is 4.83. The third kappa shape index (κ3) is 5.66. The fourth-order valence-corrected chi connectivity index (χ4v) is 3.21. The second-order valence-corrected chi connectivity index (χ2v) is 6.75. The number of nitrogens with one attached hydrogen (secondary N) is 1. The number of aromatic nitrogens is 1. The average Bonchev–Trinajstić information content (AvgIpc) is 2.77. The fourth-order valence-electron chi connectivity index (χ4n) is 3.21. The summed E-state index contributed by atoms with van der Waals surface area (Å²) in [7, 11) is 3.17. The van der Waals surface area contributed by atoms with Crippen LogP contribution in [0.15, 0.2) is 47.6 Å². The van der Waals surface area contributed by atoms with Crippen molar-refractivity contribution < 1.29 is 18.7 Å². The lowest BCUT2D eigenvalue weighted by Crippen LogP contribution is -2.46. The number of guanidine groups is 1. The van der Waals surface area contributed by atoms with Crippen LogP contribution in [-0.2, 0) is 16.1 Å².